The van der Waals surface area contributed by atoms with Crippen molar-refractivity contribution in [3.8, 4) is 0 Å². The largest absolute Gasteiger partial charge is 0.363 e. The fourth-order valence-electron chi connectivity index (χ4n) is 3.26. The maximum Gasteiger partial charge on any atom is 0.319 e. The Morgan fingerprint density at radius 1 is 1.07 bits per heavy atom. The molecule has 0 spiro atoms. The lowest BCUT2D eigenvalue weighted by molar-refractivity contribution is 0.243. The first-order valence-electron chi connectivity index (χ1n) is 9.52. The molecular formula is C20H28N6OS. The highest BCUT2D eigenvalue weighted by Gasteiger charge is 2.23. The highest BCUT2D eigenvalue weighted by Crippen LogP contribution is 2.22. The summed E-state index contributed by atoms with van der Waals surface area (Å²) >= 11 is 1.68. The maximum atomic E-state index is 12.2. The third kappa shape index (κ3) is 5.76. The summed E-state index contributed by atoms with van der Waals surface area (Å²) in [6.45, 7) is 0. The molecule has 3 rings (SSSR count). The van der Waals surface area contributed by atoms with Gasteiger partial charge < -0.3 is 20.9 Å². The molecule has 0 saturated heterocycles. The SMILES string of the molecule is CSc1ccc(NC(=O)N[C@H]2CC[C@@H](Nc3nccc(N(C)C)n3)CC2)cc1. The molecule has 3 N–H and O–H groups in total. The van der Waals surface area contributed by atoms with Crippen molar-refractivity contribution in [1.29, 1.82) is 0 Å². The van der Waals surface area contributed by atoms with E-state index in [0.717, 1.165) is 37.2 Å². The Hall–Kier alpha value is -2.48. The van der Waals surface area contributed by atoms with Crippen LogP contribution < -0.4 is 20.9 Å². The average molecular weight is 401 g/mol. The van der Waals surface area contributed by atoms with Crippen molar-refractivity contribution in [2.24, 2.45) is 0 Å². The van der Waals surface area contributed by atoms with E-state index >= 15 is 0 Å². The lowest BCUT2D eigenvalue weighted by atomic mass is 9.91. The Morgan fingerprint density at radius 2 is 1.75 bits per heavy atom. The van der Waals surface area contributed by atoms with Crippen LogP contribution in [0.25, 0.3) is 0 Å². The molecule has 8 heteroatoms. The van der Waals surface area contributed by atoms with Gasteiger partial charge in [0.1, 0.15) is 5.82 Å². The number of hydrogen-bond acceptors (Lipinski definition) is 6. The van der Waals surface area contributed by atoms with Gasteiger partial charge in [0, 0.05) is 43.0 Å². The van der Waals surface area contributed by atoms with E-state index in [2.05, 4.69) is 25.9 Å². The van der Waals surface area contributed by atoms with Crippen LogP contribution in [-0.4, -0.2) is 48.4 Å². The van der Waals surface area contributed by atoms with E-state index in [-0.39, 0.29) is 12.1 Å². The number of benzene rings is 1. The van der Waals surface area contributed by atoms with Gasteiger partial charge in [-0.25, -0.2) is 9.78 Å². The standard InChI is InChI=1S/C20H28N6OS/c1-26(2)18-12-13-21-19(25-18)22-14-4-6-15(7-5-14)23-20(27)24-16-8-10-17(28-3)11-9-16/h8-15H,4-7H2,1-3H3,(H,21,22,25)(H2,23,24,27)/t14-,15+. The number of thioether (sulfide) groups is 1. The van der Waals surface area contributed by atoms with Gasteiger partial charge in [-0.1, -0.05) is 0 Å². The molecule has 2 aromatic rings. The lowest BCUT2D eigenvalue weighted by Crippen LogP contribution is -2.42. The second kappa shape index (κ2) is 9.64. The fourth-order valence-corrected chi connectivity index (χ4v) is 3.67. The molecule has 0 radical (unpaired) electrons. The van der Waals surface area contributed by atoms with E-state index in [1.165, 1.54) is 4.90 Å². The fraction of sp³-hybridized carbons (Fsp3) is 0.450. The highest BCUT2D eigenvalue weighted by atomic mass is 32.2. The second-order valence-electron chi connectivity index (χ2n) is 7.15. The molecule has 1 aromatic heterocycles. The molecule has 28 heavy (non-hydrogen) atoms. The van der Waals surface area contributed by atoms with Crippen molar-refractivity contribution in [3.05, 3.63) is 36.5 Å². The first-order valence-corrected chi connectivity index (χ1v) is 10.7. The monoisotopic (exact) mass is 400 g/mol. The zero-order valence-corrected chi connectivity index (χ0v) is 17.4. The molecule has 0 bridgehead atoms. The van der Waals surface area contributed by atoms with E-state index in [4.69, 9.17) is 0 Å². The van der Waals surface area contributed by atoms with E-state index in [1.54, 1.807) is 18.0 Å². The van der Waals surface area contributed by atoms with E-state index in [0.29, 0.717) is 12.0 Å². The summed E-state index contributed by atoms with van der Waals surface area (Å²) < 4.78 is 0. The van der Waals surface area contributed by atoms with Crippen LogP contribution in [-0.2, 0) is 0 Å². The zero-order valence-electron chi connectivity index (χ0n) is 16.6. The molecule has 1 aromatic carbocycles. The van der Waals surface area contributed by atoms with Crippen LogP contribution in [0.1, 0.15) is 25.7 Å². The van der Waals surface area contributed by atoms with Crippen LogP contribution >= 0.6 is 11.8 Å². The van der Waals surface area contributed by atoms with Crippen LogP contribution in [0.4, 0.5) is 22.2 Å². The number of nitrogens with one attached hydrogen (secondary N) is 3. The number of carbonyl (C=O) groups is 1. The number of urea groups is 1. The molecule has 0 atom stereocenters. The maximum absolute atomic E-state index is 12.2. The summed E-state index contributed by atoms with van der Waals surface area (Å²) in [5.74, 6) is 1.55. The van der Waals surface area contributed by atoms with Crippen molar-refractivity contribution >= 4 is 35.2 Å². The Kier molecular flexibility index (Phi) is 6.97. The molecule has 7 nitrogen and oxygen atoms in total. The van der Waals surface area contributed by atoms with Gasteiger partial charge >= 0.3 is 6.03 Å². The average Bonchev–Trinajstić information content (AvgIpc) is 2.70. The summed E-state index contributed by atoms with van der Waals surface area (Å²) in [6, 6.07) is 10.1. The number of aromatic nitrogens is 2. The van der Waals surface area contributed by atoms with Crippen molar-refractivity contribution in [2.75, 3.05) is 35.9 Å². The molecule has 1 aliphatic rings. The Bertz CT molecular complexity index is 775. The summed E-state index contributed by atoms with van der Waals surface area (Å²) in [6.07, 6.45) is 7.62. The number of amides is 2. The molecule has 1 fully saturated rings. The Balaban J connectivity index is 1.43. The second-order valence-corrected chi connectivity index (χ2v) is 8.03. The number of hydrogen-bond donors (Lipinski definition) is 3. The van der Waals surface area contributed by atoms with Gasteiger partial charge in [-0.3, -0.25) is 0 Å². The van der Waals surface area contributed by atoms with Gasteiger partial charge in [0.25, 0.3) is 0 Å². The first-order chi connectivity index (χ1) is 13.5. The molecule has 1 saturated carbocycles. The third-order valence-electron chi connectivity index (χ3n) is 4.84. The van der Waals surface area contributed by atoms with Crippen LogP contribution in [0.5, 0.6) is 0 Å². The third-order valence-corrected chi connectivity index (χ3v) is 5.59. The first kappa shape index (κ1) is 20.3. The topological polar surface area (TPSA) is 82.2 Å². The lowest BCUT2D eigenvalue weighted by Gasteiger charge is -2.29. The minimum absolute atomic E-state index is 0.143. The van der Waals surface area contributed by atoms with Gasteiger partial charge in [-0.05, 0) is 62.3 Å². The van der Waals surface area contributed by atoms with Gasteiger partial charge in [0.2, 0.25) is 5.95 Å². The summed E-state index contributed by atoms with van der Waals surface area (Å²) in [4.78, 5) is 24.2. The quantitative estimate of drug-likeness (QED) is 0.640. The molecule has 1 aliphatic carbocycles. The number of rotatable bonds is 6. The van der Waals surface area contributed by atoms with E-state index < -0.39 is 0 Å². The molecule has 2 amide bonds. The molecule has 1 heterocycles. The summed E-state index contributed by atoms with van der Waals surface area (Å²) in [7, 11) is 3.93. The zero-order chi connectivity index (χ0) is 19.9. The smallest absolute Gasteiger partial charge is 0.319 e. The summed E-state index contributed by atoms with van der Waals surface area (Å²) in [5.41, 5.74) is 0.809. The predicted molar refractivity (Wildman–Crippen MR) is 116 cm³/mol. The Morgan fingerprint density at radius 3 is 2.39 bits per heavy atom. The molecule has 0 aliphatic heterocycles. The number of carbonyl (C=O) groups excluding carboxylic acids is 1. The Labute approximate surface area is 170 Å². The van der Waals surface area contributed by atoms with Crippen molar-refractivity contribution in [3.63, 3.8) is 0 Å². The van der Waals surface area contributed by atoms with E-state index in [9.17, 15) is 4.79 Å². The van der Waals surface area contributed by atoms with Crippen molar-refractivity contribution in [1.82, 2.24) is 15.3 Å². The number of anilines is 3. The minimum Gasteiger partial charge on any atom is -0.363 e. The van der Waals surface area contributed by atoms with Crippen LogP contribution in [0.2, 0.25) is 0 Å². The summed E-state index contributed by atoms with van der Waals surface area (Å²) in [5, 5.41) is 9.41. The van der Waals surface area contributed by atoms with Gasteiger partial charge in [0.15, 0.2) is 0 Å². The van der Waals surface area contributed by atoms with Crippen LogP contribution in [0.15, 0.2) is 41.4 Å². The molecular weight excluding hydrogens is 372 g/mol. The minimum atomic E-state index is -0.143. The normalized spacial score (nSPS) is 19.0. The molecule has 150 valence electrons. The highest BCUT2D eigenvalue weighted by molar-refractivity contribution is 7.98. The van der Waals surface area contributed by atoms with Gasteiger partial charge in [-0.15, -0.1) is 11.8 Å². The molecule has 0 unspecified atom stereocenters. The number of nitrogens with zero attached hydrogens (tertiary/aromatic N) is 3. The van der Waals surface area contributed by atoms with Gasteiger partial charge in [0.05, 0.1) is 0 Å². The van der Waals surface area contributed by atoms with Crippen molar-refractivity contribution in [2.45, 2.75) is 42.7 Å². The van der Waals surface area contributed by atoms with Crippen LogP contribution in [0, 0.1) is 0 Å². The van der Waals surface area contributed by atoms with E-state index in [1.807, 2.05) is 55.6 Å². The predicted octanol–water partition coefficient (Wildman–Crippen LogP) is 3.81. The van der Waals surface area contributed by atoms with Crippen molar-refractivity contribution < 1.29 is 4.79 Å². The van der Waals surface area contributed by atoms with Crippen LogP contribution in [0.3, 0.4) is 0 Å². The van der Waals surface area contributed by atoms with Gasteiger partial charge in [-0.2, -0.15) is 4.98 Å².